The number of aryl methyl sites for hydroxylation is 1. The summed E-state index contributed by atoms with van der Waals surface area (Å²) < 4.78 is 0. The van der Waals surface area contributed by atoms with Crippen LogP contribution in [0.3, 0.4) is 0 Å². The second kappa shape index (κ2) is 7.58. The van der Waals surface area contributed by atoms with E-state index in [0.717, 1.165) is 15.3 Å². The highest BCUT2D eigenvalue weighted by molar-refractivity contribution is 7.12. The monoisotopic (exact) mass is 300 g/mol. The van der Waals surface area contributed by atoms with Crippen LogP contribution in [0, 0.1) is 18.8 Å². The summed E-state index contributed by atoms with van der Waals surface area (Å²) in [6.45, 7) is 2.40. The fraction of sp³-hybridized carbons (Fsp3) is 0.250. The van der Waals surface area contributed by atoms with Gasteiger partial charge < -0.3 is 10.4 Å². The molecule has 21 heavy (non-hydrogen) atoms. The quantitative estimate of drug-likeness (QED) is 0.850. The van der Waals surface area contributed by atoms with Crippen LogP contribution in [-0.4, -0.2) is 22.6 Å². The predicted molar refractivity (Wildman–Crippen MR) is 83.0 cm³/mol. The average Bonchev–Trinajstić information content (AvgIpc) is 2.93. The Morgan fingerprint density at radius 2 is 2.29 bits per heavy atom. The normalized spacial score (nSPS) is 9.81. The first-order valence-corrected chi connectivity index (χ1v) is 7.40. The molecule has 0 aliphatic carbocycles. The van der Waals surface area contributed by atoms with Crippen molar-refractivity contribution in [3.05, 3.63) is 51.5 Å². The van der Waals surface area contributed by atoms with Crippen LogP contribution in [-0.2, 0) is 6.54 Å². The number of carbonyl (C=O) groups excluding carboxylic acids is 1. The number of nitrogens with zero attached hydrogens (tertiary/aromatic N) is 1. The van der Waals surface area contributed by atoms with Crippen LogP contribution in [0.5, 0.6) is 0 Å². The fourth-order valence-corrected chi connectivity index (χ4v) is 2.54. The van der Waals surface area contributed by atoms with Crippen LogP contribution < -0.4 is 5.32 Å². The minimum Gasteiger partial charge on any atom is -0.395 e. The molecule has 0 spiro atoms. The van der Waals surface area contributed by atoms with Crippen LogP contribution in [0.4, 0.5) is 0 Å². The molecule has 5 heteroatoms. The Bertz CT molecular complexity index is 683. The SMILES string of the molecule is Cc1cccnc1C(=O)NCc1ccc(C#CCCO)s1. The van der Waals surface area contributed by atoms with Gasteiger partial charge in [-0.05, 0) is 30.7 Å². The second-order valence-corrected chi connectivity index (χ2v) is 5.56. The number of thiophene rings is 1. The van der Waals surface area contributed by atoms with Crippen molar-refractivity contribution < 1.29 is 9.90 Å². The van der Waals surface area contributed by atoms with E-state index in [1.807, 2.05) is 31.2 Å². The van der Waals surface area contributed by atoms with Gasteiger partial charge in [-0.1, -0.05) is 17.9 Å². The maximum atomic E-state index is 12.0. The number of amides is 1. The summed E-state index contributed by atoms with van der Waals surface area (Å²) in [7, 11) is 0. The van der Waals surface area contributed by atoms with Gasteiger partial charge in [0, 0.05) is 17.5 Å². The Kier molecular flexibility index (Phi) is 5.50. The lowest BCUT2D eigenvalue weighted by Crippen LogP contribution is -2.24. The molecule has 108 valence electrons. The van der Waals surface area contributed by atoms with Crippen molar-refractivity contribution in [1.29, 1.82) is 0 Å². The lowest BCUT2D eigenvalue weighted by atomic mass is 10.2. The molecule has 0 atom stereocenters. The molecule has 0 unspecified atom stereocenters. The molecule has 0 radical (unpaired) electrons. The number of pyridine rings is 1. The molecular weight excluding hydrogens is 284 g/mol. The third-order valence-corrected chi connectivity index (χ3v) is 3.76. The van der Waals surface area contributed by atoms with Crippen molar-refractivity contribution in [3.8, 4) is 11.8 Å². The van der Waals surface area contributed by atoms with Gasteiger partial charge in [-0.3, -0.25) is 9.78 Å². The number of aromatic nitrogens is 1. The smallest absolute Gasteiger partial charge is 0.270 e. The number of hydrogen-bond donors (Lipinski definition) is 2. The summed E-state index contributed by atoms with van der Waals surface area (Å²) in [6, 6.07) is 7.53. The van der Waals surface area contributed by atoms with E-state index < -0.39 is 0 Å². The van der Waals surface area contributed by atoms with Gasteiger partial charge in [0.1, 0.15) is 5.69 Å². The van der Waals surface area contributed by atoms with Crippen molar-refractivity contribution in [2.24, 2.45) is 0 Å². The Hall–Kier alpha value is -2.16. The first kappa shape index (κ1) is 15.2. The first-order valence-electron chi connectivity index (χ1n) is 6.59. The number of rotatable bonds is 4. The van der Waals surface area contributed by atoms with E-state index in [4.69, 9.17) is 5.11 Å². The summed E-state index contributed by atoms with van der Waals surface area (Å²) in [5.41, 5.74) is 1.31. The first-order chi connectivity index (χ1) is 10.2. The highest BCUT2D eigenvalue weighted by Crippen LogP contribution is 2.15. The van der Waals surface area contributed by atoms with E-state index in [9.17, 15) is 4.79 Å². The zero-order chi connectivity index (χ0) is 15.1. The summed E-state index contributed by atoms with van der Waals surface area (Å²) in [4.78, 5) is 18.1. The molecule has 0 saturated carbocycles. The molecule has 0 aliphatic rings. The van der Waals surface area contributed by atoms with Crippen LogP contribution in [0.25, 0.3) is 0 Å². The Balaban J connectivity index is 1.93. The predicted octanol–water partition coefficient (Wildman–Crippen LogP) is 2.12. The van der Waals surface area contributed by atoms with E-state index in [0.29, 0.717) is 18.7 Å². The average molecular weight is 300 g/mol. The van der Waals surface area contributed by atoms with Crippen LogP contribution >= 0.6 is 11.3 Å². The molecular formula is C16H16N2O2S. The maximum Gasteiger partial charge on any atom is 0.270 e. The highest BCUT2D eigenvalue weighted by Gasteiger charge is 2.09. The molecule has 2 N–H and O–H groups in total. The van der Waals surface area contributed by atoms with Crippen LogP contribution in [0.2, 0.25) is 0 Å². The van der Waals surface area contributed by atoms with Crippen molar-refractivity contribution in [3.63, 3.8) is 0 Å². The van der Waals surface area contributed by atoms with Gasteiger partial charge in [0.25, 0.3) is 5.91 Å². The van der Waals surface area contributed by atoms with Crippen molar-refractivity contribution in [1.82, 2.24) is 10.3 Å². The van der Waals surface area contributed by atoms with E-state index >= 15 is 0 Å². The number of carbonyl (C=O) groups is 1. The maximum absolute atomic E-state index is 12.0. The van der Waals surface area contributed by atoms with E-state index in [1.165, 1.54) is 11.3 Å². The molecule has 2 aromatic heterocycles. The van der Waals surface area contributed by atoms with Gasteiger partial charge in [-0.2, -0.15) is 0 Å². The lowest BCUT2D eigenvalue weighted by molar-refractivity contribution is 0.0945. The standard InChI is InChI=1S/C16H16N2O2S/c1-12-5-4-9-17-15(12)16(20)18-11-14-8-7-13(21-14)6-2-3-10-19/h4-5,7-9,19H,3,10-11H2,1H3,(H,18,20). The molecule has 0 saturated heterocycles. The summed E-state index contributed by atoms with van der Waals surface area (Å²) in [5, 5.41) is 11.5. The summed E-state index contributed by atoms with van der Waals surface area (Å²) in [5.74, 6) is 5.68. The third kappa shape index (κ3) is 4.42. The van der Waals surface area contributed by atoms with Gasteiger partial charge in [-0.15, -0.1) is 11.3 Å². The van der Waals surface area contributed by atoms with Crippen molar-refractivity contribution >= 4 is 17.2 Å². The van der Waals surface area contributed by atoms with E-state index in [-0.39, 0.29) is 12.5 Å². The Labute approximate surface area is 127 Å². The molecule has 0 fully saturated rings. The molecule has 1 amide bonds. The van der Waals surface area contributed by atoms with E-state index in [2.05, 4.69) is 22.1 Å². The van der Waals surface area contributed by atoms with Gasteiger partial charge in [0.15, 0.2) is 0 Å². The Morgan fingerprint density at radius 1 is 1.43 bits per heavy atom. The minimum atomic E-state index is -0.172. The van der Waals surface area contributed by atoms with Crippen molar-refractivity contribution in [2.45, 2.75) is 19.9 Å². The Morgan fingerprint density at radius 3 is 3.05 bits per heavy atom. The number of hydrogen-bond acceptors (Lipinski definition) is 4. The minimum absolute atomic E-state index is 0.0741. The molecule has 2 rings (SSSR count). The number of aliphatic hydroxyl groups excluding tert-OH is 1. The molecule has 0 bridgehead atoms. The van der Waals surface area contributed by atoms with Gasteiger partial charge in [0.05, 0.1) is 18.0 Å². The van der Waals surface area contributed by atoms with Gasteiger partial charge >= 0.3 is 0 Å². The van der Waals surface area contributed by atoms with Crippen molar-refractivity contribution in [2.75, 3.05) is 6.61 Å². The summed E-state index contributed by atoms with van der Waals surface area (Å²) in [6.07, 6.45) is 2.09. The van der Waals surface area contributed by atoms with Crippen LogP contribution in [0.15, 0.2) is 30.5 Å². The zero-order valence-electron chi connectivity index (χ0n) is 11.7. The number of aliphatic hydroxyl groups is 1. The lowest BCUT2D eigenvalue weighted by Gasteiger charge is -2.05. The molecule has 0 aromatic carbocycles. The third-order valence-electron chi connectivity index (χ3n) is 2.76. The zero-order valence-corrected chi connectivity index (χ0v) is 12.5. The van der Waals surface area contributed by atoms with Gasteiger partial charge in [-0.25, -0.2) is 0 Å². The number of nitrogens with one attached hydrogen (secondary N) is 1. The van der Waals surface area contributed by atoms with Gasteiger partial charge in [0.2, 0.25) is 0 Å². The molecule has 4 nitrogen and oxygen atoms in total. The molecule has 2 heterocycles. The van der Waals surface area contributed by atoms with Crippen LogP contribution in [0.1, 0.15) is 32.2 Å². The highest BCUT2D eigenvalue weighted by atomic mass is 32.1. The molecule has 0 aliphatic heterocycles. The topological polar surface area (TPSA) is 62.2 Å². The van der Waals surface area contributed by atoms with E-state index in [1.54, 1.807) is 6.20 Å². The fourth-order valence-electron chi connectivity index (χ4n) is 1.72. The largest absolute Gasteiger partial charge is 0.395 e. The molecule has 2 aromatic rings. The second-order valence-electron chi connectivity index (χ2n) is 4.39. The summed E-state index contributed by atoms with van der Waals surface area (Å²) >= 11 is 1.53.